The molecule has 4 nitrogen and oxygen atoms in total. The van der Waals surface area contributed by atoms with Gasteiger partial charge in [-0.25, -0.2) is 0 Å². The lowest BCUT2D eigenvalue weighted by Crippen LogP contribution is -2.21. The number of carbonyl (C=O) groups is 1. The van der Waals surface area contributed by atoms with Crippen LogP contribution in [0.15, 0.2) is 53.4 Å². The molecule has 110 valence electrons. The summed E-state index contributed by atoms with van der Waals surface area (Å²) in [5.74, 6) is 0.675. The zero-order valence-electron chi connectivity index (χ0n) is 12.1. The molecule has 5 heteroatoms. The molecule has 0 aliphatic rings. The monoisotopic (exact) mass is 302 g/mol. The van der Waals surface area contributed by atoms with E-state index in [1.54, 1.807) is 18.9 Å². The highest BCUT2D eigenvalue weighted by Crippen LogP contribution is 2.17. The van der Waals surface area contributed by atoms with E-state index in [2.05, 4.69) is 10.6 Å². The number of carbonyl (C=O) groups excluding carboxylic acids is 1. The number of methoxy groups -OCH3 is 1. The summed E-state index contributed by atoms with van der Waals surface area (Å²) in [4.78, 5) is 13.1. The van der Waals surface area contributed by atoms with Gasteiger partial charge in [-0.15, -0.1) is 11.8 Å². The molecule has 0 saturated heterocycles. The lowest BCUT2D eigenvalue weighted by molar-refractivity contribution is -0.114. The van der Waals surface area contributed by atoms with Gasteiger partial charge in [0.25, 0.3) is 0 Å². The third-order valence-corrected chi connectivity index (χ3v) is 3.66. The van der Waals surface area contributed by atoms with Crippen molar-refractivity contribution in [1.29, 1.82) is 0 Å². The van der Waals surface area contributed by atoms with Crippen LogP contribution in [-0.4, -0.2) is 25.8 Å². The zero-order valence-corrected chi connectivity index (χ0v) is 12.9. The summed E-state index contributed by atoms with van der Waals surface area (Å²) in [5.41, 5.74) is 1.68. The van der Waals surface area contributed by atoms with Gasteiger partial charge in [-0.3, -0.25) is 4.79 Å². The maximum atomic E-state index is 11.9. The fourth-order valence-electron chi connectivity index (χ4n) is 1.77. The fraction of sp³-hybridized carbons (Fsp3) is 0.188. The molecule has 2 aromatic carbocycles. The number of anilines is 2. The van der Waals surface area contributed by atoms with Crippen LogP contribution < -0.4 is 15.4 Å². The van der Waals surface area contributed by atoms with Crippen molar-refractivity contribution < 1.29 is 9.53 Å². The summed E-state index contributed by atoms with van der Waals surface area (Å²) in [6, 6.07) is 15.2. The molecule has 0 atom stereocenters. The molecule has 0 unspecified atom stereocenters. The molecule has 0 fully saturated rings. The van der Waals surface area contributed by atoms with Crippen molar-refractivity contribution in [3.8, 4) is 5.75 Å². The standard InChI is InChI=1S/C16H18N2O2S/c1-20-14-7-3-13(4-8-14)18-16(19)11-17-12-5-9-15(21-2)10-6-12/h3-10,17H,11H2,1-2H3,(H,18,19). The van der Waals surface area contributed by atoms with E-state index in [9.17, 15) is 4.79 Å². The zero-order chi connectivity index (χ0) is 15.1. The van der Waals surface area contributed by atoms with Gasteiger partial charge in [0.05, 0.1) is 13.7 Å². The van der Waals surface area contributed by atoms with Crippen LogP contribution in [-0.2, 0) is 4.79 Å². The molecule has 21 heavy (non-hydrogen) atoms. The second-order valence-corrected chi connectivity index (χ2v) is 5.24. The molecule has 0 bridgehead atoms. The number of nitrogens with one attached hydrogen (secondary N) is 2. The first-order valence-electron chi connectivity index (χ1n) is 6.53. The van der Waals surface area contributed by atoms with E-state index in [0.717, 1.165) is 17.1 Å². The molecule has 0 heterocycles. The molecule has 0 spiro atoms. The number of rotatable bonds is 6. The van der Waals surface area contributed by atoms with E-state index < -0.39 is 0 Å². The minimum absolute atomic E-state index is 0.0888. The molecule has 1 amide bonds. The Labute approximate surface area is 128 Å². The van der Waals surface area contributed by atoms with Gasteiger partial charge in [0.2, 0.25) is 5.91 Å². The molecule has 0 saturated carbocycles. The molecule has 0 aliphatic carbocycles. The second kappa shape index (κ2) is 7.59. The van der Waals surface area contributed by atoms with Crippen molar-refractivity contribution in [3.05, 3.63) is 48.5 Å². The highest BCUT2D eigenvalue weighted by Gasteiger charge is 2.02. The molecule has 0 radical (unpaired) electrons. The fourth-order valence-corrected chi connectivity index (χ4v) is 2.18. The Morgan fingerprint density at radius 1 is 1.05 bits per heavy atom. The van der Waals surface area contributed by atoms with Crippen LogP contribution in [0.5, 0.6) is 5.75 Å². The number of hydrogen-bond donors (Lipinski definition) is 2. The van der Waals surface area contributed by atoms with Crippen molar-refractivity contribution in [2.45, 2.75) is 4.90 Å². The predicted octanol–water partition coefficient (Wildman–Crippen LogP) is 3.47. The Morgan fingerprint density at radius 3 is 2.24 bits per heavy atom. The molecular formula is C16H18N2O2S. The van der Waals surface area contributed by atoms with Gasteiger partial charge in [0.1, 0.15) is 5.75 Å². The van der Waals surface area contributed by atoms with Crippen LogP contribution in [0, 0.1) is 0 Å². The van der Waals surface area contributed by atoms with Gasteiger partial charge in [0.15, 0.2) is 0 Å². The minimum Gasteiger partial charge on any atom is -0.497 e. The molecule has 2 aromatic rings. The van der Waals surface area contributed by atoms with Gasteiger partial charge in [0, 0.05) is 16.3 Å². The van der Waals surface area contributed by atoms with E-state index in [0.29, 0.717) is 0 Å². The third-order valence-electron chi connectivity index (χ3n) is 2.92. The Balaban J connectivity index is 1.83. The van der Waals surface area contributed by atoms with E-state index >= 15 is 0 Å². The van der Waals surface area contributed by atoms with Gasteiger partial charge in [-0.1, -0.05) is 0 Å². The summed E-state index contributed by atoms with van der Waals surface area (Å²) >= 11 is 1.69. The number of amides is 1. The average Bonchev–Trinajstić information content (AvgIpc) is 2.54. The minimum atomic E-state index is -0.0888. The summed E-state index contributed by atoms with van der Waals surface area (Å²) in [5, 5.41) is 5.92. The lowest BCUT2D eigenvalue weighted by atomic mass is 10.3. The number of thioether (sulfide) groups is 1. The molecule has 0 aromatic heterocycles. The van der Waals surface area contributed by atoms with Crippen molar-refractivity contribution >= 4 is 29.0 Å². The number of benzene rings is 2. The first-order valence-corrected chi connectivity index (χ1v) is 7.75. The Bertz CT molecular complexity index is 582. The smallest absolute Gasteiger partial charge is 0.243 e. The van der Waals surface area contributed by atoms with Crippen LogP contribution in [0.3, 0.4) is 0 Å². The number of ether oxygens (including phenoxy) is 1. The third kappa shape index (κ3) is 4.72. The first-order chi connectivity index (χ1) is 10.2. The molecule has 0 aliphatic heterocycles. The number of hydrogen-bond acceptors (Lipinski definition) is 4. The summed E-state index contributed by atoms with van der Waals surface area (Å²) in [6.45, 7) is 0.227. The van der Waals surface area contributed by atoms with Gasteiger partial charge in [-0.05, 0) is 54.8 Å². The normalized spacial score (nSPS) is 10.0. The largest absolute Gasteiger partial charge is 0.497 e. The van der Waals surface area contributed by atoms with Crippen molar-refractivity contribution in [3.63, 3.8) is 0 Å². The maximum Gasteiger partial charge on any atom is 0.243 e. The Hall–Kier alpha value is -2.14. The second-order valence-electron chi connectivity index (χ2n) is 4.36. The summed E-state index contributed by atoms with van der Waals surface area (Å²) in [7, 11) is 1.61. The maximum absolute atomic E-state index is 11.9. The molecule has 2 N–H and O–H groups in total. The van der Waals surface area contributed by atoms with Crippen LogP contribution in [0.2, 0.25) is 0 Å². The van der Waals surface area contributed by atoms with E-state index in [-0.39, 0.29) is 12.5 Å². The van der Waals surface area contributed by atoms with E-state index in [1.807, 2.05) is 54.8 Å². The van der Waals surface area contributed by atoms with Crippen molar-refractivity contribution in [1.82, 2.24) is 0 Å². The molecule has 2 rings (SSSR count). The summed E-state index contributed by atoms with van der Waals surface area (Å²) in [6.07, 6.45) is 2.03. The average molecular weight is 302 g/mol. The predicted molar refractivity (Wildman–Crippen MR) is 88.3 cm³/mol. The topological polar surface area (TPSA) is 50.4 Å². The van der Waals surface area contributed by atoms with E-state index in [1.165, 1.54) is 4.90 Å². The quantitative estimate of drug-likeness (QED) is 0.802. The van der Waals surface area contributed by atoms with Crippen LogP contribution in [0.1, 0.15) is 0 Å². The van der Waals surface area contributed by atoms with Crippen molar-refractivity contribution in [2.24, 2.45) is 0 Å². The van der Waals surface area contributed by atoms with Crippen LogP contribution in [0.4, 0.5) is 11.4 Å². The van der Waals surface area contributed by atoms with Gasteiger partial charge < -0.3 is 15.4 Å². The Kier molecular flexibility index (Phi) is 5.51. The van der Waals surface area contributed by atoms with Crippen LogP contribution >= 0.6 is 11.8 Å². The Morgan fingerprint density at radius 2 is 1.67 bits per heavy atom. The molecular weight excluding hydrogens is 284 g/mol. The highest BCUT2D eigenvalue weighted by molar-refractivity contribution is 7.98. The van der Waals surface area contributed by atoms with Gasteiger partial charge >= 0.3 is 0 Å². The van der Waals surface area contributed by atoms with Gasteiger partial charge in [-0.2, -0.15) is 0 Å². The SMILES string of the molecule is COc1ccc(NC(=O)CNc2ccc(SC)cc2)cc1. The first kappa shape index (κ1) is 15.3. The van der Waals surface area contributed by atoms with E-state index in [4.69, 9.17) is 4.74 Å². The summed E-state index contributed by atoms with van der Waals surface area (Å²) < 4.78 is 5.07. The lowest BCUT2D eigenvalue weighted by Gasteiger charge is -2.08. The highest BCUT2D eigenvalue weighted by atomic mass is 32.2. The van der Waals surface area contributed by atoms with Crippen LogP contribution in [0.25, 0.3) is 0 Å². The van der Waals surface area contributed by atoms with Crippen molar-refractivity contribution in [2.75, 3.05) is 30.5 Å².